The second kappa shape index (κ2) is 7.12. The van der Waals surface area contributed by atoms with E-state index in [0.717, 1.165) is 16.5 Å². The molecule has 5 heteroatoms. The van der Waals surface area contributed by atoms with Crippen molar-refractivity contribution in [2.75, 3.05) is 14.2 Å². The zero-order valence-electron chi connectivity index (χ0n) is 11.8. The Morgan fingerprint density at radius 2 is 1.84 bits per heavy atom. The number of aliphatic hydroxyl groups excluding tert-OH is 1. The van der Waals surface area contributed by atoms with Gasteiger partial charge in [-0.15, -0.1) is 0 Å². The van der Waals surface area contributed by atoms with Gasteiger partial charge >= 0.3 is 0 Å². The maximum atomic E-state index is 10.3. The van der Waals surface area contributed by atoms with Crippen molar-refractivity contribution in [1.82, 2.24) is 0 Å². The lowest BCUT2D eigenvalue weighted by Gasteiger charge is -2.26. The number of halogens is 1. The molecule has 0 spiro atoms. The summed E-state index contributed by atoms with van der Waals surface area (Å²) in [5, 5.41) is 10.3. The van der Waals surface area contributed by atoms with E-state index in [1.165, 1.54) is 0 Å². The number of aliphatic hydroxyl groups is 1. The minimum absolute atomic E-state index is 0.120. The molecule has 0 aliphatic heterocycles. The van der Waals surface area contributed by atoms with E-state index in [2.05, 4.69) is 15.9 Å². The monoisotopic (exact) mass is 331 g/mol. The fourth-order valence-electron chi connectivity index (χ4n) is 1.92. The van der Waals surface area contributed by atoms with Crippen molar-refractivity contribution in [3.05, 3.63) is 22.2 Å². The minimum Gasteiger partial charge on any atom is -0.496 e. The Hall–Kier alpha value is -0.780. The number of hydrogen-bond acceptors (Lipinski definition) is 4. The van der Waals surface area contributed by atoms with Crippen molar-refractivity contribution < 1.29 is 14.6 Å². The Morgan fingerprint density at radius 1 is 1.26 bits per heavy atom. The molecule has 1 aromatic carbocycles. The van der Waals surface area contributed by atoms with E-state index in [0.29, 0.717) is 11.5 Å². The molecule has 1 aromatic rings. The summed E-state index contributed by atoms with van der Waals surface area (Å²) in [6.07, 6.45) is 0.245. The lowest BCUT2D eigenvalue weighted by atomic mass is 9.91. The summed E-state index contributed by atoms with van der Waals surface area (Å²) in [4.78, 5) is 0. The molecule has 0 heterocycles. The van der Waals surface area contributed by atoms with Gasteiger partial charge in [-0.2, -0.15) is 0 Å². The third kappa shape index (κ3) is 3.61. The molecule has 19 heavy (non-hydrogen) atoms. The highest BCUT2D eigenvalue weighted by Crippen LogP contribution is 2.37. The molecule has 0 bridgehead atoms. The average molecular weight is 332 g/mol. The van der Waals surface area contributed by atoms with E-state index in [4.69, 9.17) is 15.2 Å². The molecule has 3 atom stereocenters. The summed E-state index contributed by atoms with van der Waals surface area (Å²) >= 11 is 3.40. The molecule has 108 valence electrons. The first kappa shape index (κ1) is 16.3. The van der Waals surface area contributed by atoms with E-state index in [1.807, 2.05) is 13.8 Å². The fourth-order valence-corrected chi connectivity index (χ4v) is 2.41. The Morgan fingerprint density at radius 3 is 2.32 bits per heavy atom. The summed E-state index contributed by atoms with van der Waals surface area (Å²) in [6, 6.07) is 3.10. The topological polar surface area (TPSA) is 64.7 Å². The van der Waals surface area contributed by atoms with Crippen LogP contribution in [-0.2, 0) is 0 Å². The van der Waals surface area contributed by atoms with Gasteiger partial charge < -0.3 is 20.3 Å². The first-order chi connectivity index (χ1) is 8.96. The van der Waals surface area contributed by atoms with E-state index >= 15 is 0 Å². The zero-order chi connectivity index (χ0) is 14.6. The second-order valence-corrected chi connectivity index (χ2v) is 5.48. The van der Waals surface area contributed by atoms with Crippen LogP contribution >= 0.6 is 15.9 Å². The molecule has 3 N–H and O–H groups in total. The molecule has 4 nitrogen and oxygen atoms in total. The lowest BCUT2D eigenvalue weighted by Crippen LogP contribution is -2.31. The van der Waals surface area contributed by atoms with Crippen LogP contribution in [0.3, 0.4) is 0 Å². The van der Waals surface area contributed by atoms with Gasteiger partial charge in [0.2, 0.25) is 0 Å². The Kier molecular flexibility index (Phi) is 6.10. The van der Waals surface area contributed by atoms with Crippen molar-refractivity contribution in [3.8, 4) is 11.5 Å². The van der Waals surface area contributed by atoms with Gasteiger partial charge in [-0.05, 0) is 34.0 Å². The molecule has 0 aliphatic rings. The van der Waals surface area contributed by atoms with Gasteiger partial charge in [0.15, 0.2) is 0 Å². The molecular weight excluding hydrogens is 310 g/mol. The van der Waals surface area contributed by atoms with Gasteiger partial charge in [0, 0.05) is 5.56 Å². The number of nitrogens with two attached hydrogens (primary N) is 1. The summed E-state index contributed by atoms with van der Waals surface area (Å²) in [5.74, 6) is 1.43. The highest BCUT2D eigenvalue weighted by Gasteiger charge is 2.25. The lowest BCUT2D eigenvalue weighted by molar-refractivity contribution is 0.0870. The van der Waals surface area contributed by atoms with Crippen molar-refractivity contribution >= 4 is 15.9 Å². The van der Waals surface area contributed by atoms with Crippen LogP contribution in [-0.4, -0.2) is 25.4 Å². The maximum Gasteiger partial charge on any atom is 0.133 e. The van der Waals surface area contributed by atoms with Gasteiger partial charge in [0.25, 0.3) is 0 Å². The van der Waals surface area contributed by atoms with Crippen LogP contribution in [0.1, 0.15) is 31.9 Å². The molecule has 0 radical (unpaired) electrons. The summed E-state index contributed by atoms with van der Waals surface area (Å²) in [7, 11) is 3.17. The Labute approximate surface area is 123 Å². The smallest absolute Gasteiger partial charge is 0.133 e. The largest absolute Gasteiger partial charge is 0.496 e. The first-order valence-electron chi connectivity index (χ1n) is 6.31. The van der Waals surface area contributed by atoms with E-state index < -0.39 is 12.1 Å². The van der Waals surface area contributed by atoms with Crippen molar-refractivity contribution in [2.45, 2.75) is 32.4 Å². The van der Waals surface area contributed by atoms with Gasteiger partial charge in [-0.25, -0.2) is 0 Å². The van der Waals surface area contributed by atoms with E-state index in [1.54, 1.807) is 26.4 Å². The number of benzene rings is 1. The highest BCUT2D eigenvalue weighted by atomic mass is 79.9. The van der Waals surface area contributed by atoms with E-state index in [-0.39, 0.29) is 5.92 Å². The summed E-state index contributed by atoms with van der Waals surface area (Å²) < 4.78 is 11.4. The normalized spacial score (nSPS) is 15.7. The molecule has 1 unspecified atom stereocenters. The van der Waals surface area contributed by atoms with E-state index in [9.17, 15) is 5.11 Å². The summed E-state index contributed by atoms with van der Waals surface area (Å²) in [5.41, 5.74) is 6.91. The number of hydrogen-bond donors (Lipinski definition) is 2. The van der Waals surface area contributed by atoms with Gasteiger partial charge in [0.05, 0.1) is 30.8 Å². The SMILES string of the molecule is CCC(C)[C@H](O)[C@H](N)c1cc(OC)c(Br)cc1OC. The van der Waals surface area contributed by atoms with Crippen LogP contribution in [0.2, 0.25) is 0 Å². The number of methoxy groups -OCH3 is 2. The summed E-state index contributed by atoms with van der Waals surface area (Å²) in [6.45, 7) is 4.01. The number of rotatable bonds is 6. The molecule has 0 aromatic heterocycles. The predicted octanol–water partition coefficient (Wildman–Crippen LogP) is 2.87. The molecular formula is C14H22BrNO3. The Balaban J connectivity index is 3.16. The fraction of sp³-hybridized carbons (Fsp3) is 0.571. The molecule has 1 rings (SSSR count). The van der Waals surface area contributed by atoms with Crippen LogP contribution in [0.15, 0.2) is 16.6 Å². The average Bonchev–Trinajstić information content (AvgIpc) is 2.44. The molecule has 0 aliphatic carbocycles. The highest BCUT2D eigenvalue weighted by molar-refractivity contribution is 9.10. The van der Waals surface area contributed by atoms with Crippen molar-refractivity contribution in [1.29, 1.82) is 0 Å². The third-order valence-electron chi connectivity index (χ3n) is 3.46. The van der Waals surface area contributed by atoms with Crippen molar-refractivity contribution in [3.63, 3.8) is 0 Å². The molecule has 0 fully saturated rings. The molecule has 0 saturated heterocycles. The van der Waals surface area contributed by atoms with Crippen molar-refractivity contribution in [2.24, 2.45) is 11.7 Å². The standard InChI is InChI=1S/C14H22BrNO3/c1-5-8(2)14(17)13(16)9-6-12(19-4)10(15)7-11(9)18-3/h6-8,13-14,17H,5,16H2,1-4H3/t8?,13-,14+/m1/s1. The third-order valence-corrected chi connectivity index (χ3v) is 4.08. The Bertz CT molecular complexity index is 425. The predicted molar refractivity (Wildman–Crippen MR) is 79.6 cm³/mol. The second-order valence-electron chi connectivity index (χ2n) is 4.63. The van der Waals surface area contributed by atoms with Crippen LogP contribution in [0.5, 0.6) is 11.5 Å². The van der Waals surface area contributed by atoms with Crippen LogP contribution in [0, 0.1) is 5.92 Å². The van der Waals surface area contributed by atoms with Crippen LogP contribution in [0.25, 0.3) is 0 Å². The minimum atomic E-state index is -0.621. The first-order valence-corrected chi connectivity index (χ1v) is 7.10. The van der Waals surface area contributed by atoms with Gasteiger partial charge in [-0.3, -0.25) is 0 Å². The van der Waals surface area contributed by atoms with Crippen LogP contribution in [0.4, 0.5) is 0 Å². The maximum absolute atomic E-state index is 10.3. The van der Waals surface area contributed by atoms with Crippen LogP contribution < -0.4 is 15.2 Å². The molecule has 0 saturated carbocycles. The zero-order valence-corrected chi connectivity index (χ0v) is 13.4. The molecule has 0 amide bonds. The van der Waals surface area contributed by atoms with Gasteiger partial charge in [0.1, 0.15) is 11.5 Å². The number of ether oxygens (including phenoxy) is 2. The quantitative estimate of drug-likeness (QED) is 0.841. The van der Waals surface area contributed by atoms with Gasteiger partial charge in [-0.1, -0.05) is 20.3 Å².